The van der Waals surface area contributed by atoms with Gasteiger partial charge in [-0.3, -0.25) is 0 Å². The van der Waals surface area contributed by atoms with Gasteiger partial charge in [-0.1, -0.05) is 12.1 Å². The maximum absolute atomic E-state index is 4.53. The molecule has 4 rings (SSSR count). The summed E-state index contributed by atoms with van der Waals surface area (Å²) in [6.45, 7) is 7.69. The third-order valence-electron chi connectivity index (χ3n) is 5.70. The predicted octanol–water partition coefficient (Wildman–Crippen LogP) is 3.75. The average molecular weight is 351 g/mol. The summed E-state index contributed by atoms with van der Waals surface area (Å²) in [4.78, 5) is 9.46. The van der Waals surface area contributed by atoms with Crippen LogP contribution in [0.4, 0.5) is 11.5 Å². The fourth-order valence-electron chi connectivity index (χ4n) is 4.11. The van der Waals surface area contributed by atoms with Crippen LogP contribution < -0.4 is 15.1 Å². The van der Waals surface area contributed by atoms with Gasteiger partial charge in [0.1, 0.15) is 5.82 Å². The van der Waals surface area contributed by atoms with E-state index in [2.05, 4.69) is 63.4 Å². The molecule has 1 aromatic heterocycles. The molecule has 0 spiro atoms. The first kappa shape index (κ1) is 17.3. The fourth-order valence-corrected chi connectivity index (χ4v) is 4.11. The van der Waals surface area contributed by atoms with Crippen LogP contribution in [0, 0.1) is 6.92 Å². The molecule has 2 aromatic rings. The molecule has 4 nitrogen and oxygen atoms in total. The third kappa shape index (κ3) is 4.18. The Hall–Kier alpha value is -2.07. The highest BCUT2D eigenvalue weighted by molar-refractivity contribution is 5.49. The quantitative estimate of drug-likeness (QED) is 0.890. The molecule has 2 fully saturated rings. The van der Waals surface area contributed by atoms with Crippen molar-refractivity contribution in [2.45, 2.75) is 45.2 Å². The first-order chi connectivity index (χ1) is 12.8. The summed E-state index contributed by atoms with van der Waals surface area (Å²) in [6.07, 6.45) is 6.94. The standard InChI is InChI=1S/C22H30N4/c1-18-7-10-23-22(15-18)26-13-8-20(9-14-26)24-17-19-5-4-6-21(16-19)25-11-2-3-12-25/h4-7,10,15-16,20,24H,2-3,8-9,11-14,17H2,1H3. The molecule has 2 saturated heterocycles. The largest absolute Gasteiger partial charge is 0.372 e. The molecular weight excluding hydrogens is 320 g/mol. The highest BCUT2D eigenvalue weighted by Crippen LogP contribution is 2.22. The van der Waals surface area contributed by atoms with Gasteiger partial charge >= 0.3 is 0 Å². The molecule has 0 aliphatic carbocycles. The SMILES string of the molecule is Cc1ccnc(N2CCC(NCc3cccc(N4CCCC4)c3)CC2)c1. The summed E-state index contributed by atoms with van der Waals surface area (Å²) in [6, 6.07) is 13.9. The van der Waals surface area contributed by atoms with Crippen LogP contribution in [0.15, 0.2) is 42.6 Å². The van der Waals surface area contributed by atoms with Crippen LogP contribution in [0.5, 0.6) is 0 Å². The Bertz CT molecular complexity index is 716. The number of pyridine rings is 1. The number of aromatic nitrogens is 1. The minimum absolute atomic E-state index is 0.603. The molecular formula is C22H30N4. The van der Waals surface area contributed by atoms with Crippen molar-refractivity contribution in [3.63, 3.8) is 0 Å². The van der Waals surface area contributed by atoms with Crippen LogP contribution in [0.1, 0.15) is 36.8 Å². The molecule has 2 aliphatic heterocycles. The highest BCUT2D eigenvalue weighted by atomic mass is 15.2. The lowest BCUT2D eigenvalue weighted by molar-refractivity contribution is 0.413. The van der Waals surface area contributed by atoms with Crippen molar-refractivity contribution >= 4 is 11.5 Å². The molecule has 0 amide bonds. The lowest BCUT2D eigenvalue weighted by atomic mass is 10.0. The number of hydrogen-bond donors (Lipinski definition) is 1. The van der Waals surface area contributed by atoms with Gasteiger partial charge in [0.05, 0.1) is 0 Å². The van der Waals surface area contributed by atoms with E-state index in [9.17, 15) is 0 Å². The van der Waals surface area contributed by atoms with Gasteiger partial charge in [0.25, 0.3) is 0 Å². The molecule has 0 unspecified atom stereocenters. The maximum atomic E-state index is 4.53. The van der Waals surface area contributed by atoms with Crippen LogP contribution in [0.25, 0.3) is 0 Å². The number of rotatable bonds is 5. The van der Waals surface area contributed by atoms with Gasteiger partial charge in [-0.2, -0.15) is 0 Å². The van der Waals surface area contributed by atoms with Crippen molar-refractivity contribution < 1.29 is 0 Å². The zero-order chi connectivity index (χ0) is 17.8. The molecule has 0 atom stereocenters. The highest BCUT2D eigenvalue weighted by Gasteiger charge is 2.20. The zero-order valence-electron chi connectivity index (χ0n) is 15.8. The average Bonchev–Trinajstić information content (AvgIpc) is 3.22. The smallest absolute Gasteiger partial charge is 0.128 e. The van der Waals surface area contributed by atoms with Crippen LogP contribution in [-0.4, -0.2) is 37.2 Å². The van der Waals surface area contributed by atoms with Crippen LogP contribution >= 0.6 is 0 Å². The van der Waals surface area contributed by atoms with E-state index in [1.807, 2.05) is 6.20 Å². The Morgan fingerprint density at radius 2 is 1.81 bits per heavy atom. The summed E-state index contributed by atoms with van der Waals surface area (Å²) >= 11 is 0. The van der Waals surface area contributed by atoms with E-state index in [0.29, 0.717) is 6.04 Å². The number of hydrogen-bond acceptors (Lipinski definition) is 4. The van der Waals surface area contributed by atoms with Crippen molar-refractivity contribution in [1.29, 1.82) is 0 Å². The number of nitrogens with one attached hydrogen (secondary N) is 1. The van der Waals surface area contributed by atoms with E-state index in [0.717, 1.165) is 25.5 Å². The summed E-state index contributed by atoms with van der Waals surface area (Å²) in [7, 11) is 0. The van der Waals surface area contributed by atoms with Crippen molar-refractivity contribution in [2.24, 2.45) is 0 Å². The lowest BCUT2D eigenvalue weighted by Crippen LogP contribution is -2.42. The third-order valence-corrected chi connectivity index (χ3v) is 5.70. The van der Waals surface area contributed by atoms with Gasteiger partial charge in [0, 0.05) is 50.6 Å². The Kier molecular flexibility index (Phi) is 5.40. The Labute approximate surface area is 157 Å². The van der Waals surface area contributed by atoms with Gasteiger partial charge in [0.15, 0.2) is 0 Å². The minimum Gasteiger partial charge on any atom is -0.372 e. The summed E-state index contributed by atoms with van der Waals surface area (Å²) in [5.74, 6) is 1.13. The molecule has 0 saturated carbocycles. The Balaban J connectivity index is 1.28. The van der Waals surface area contributed by atoms with Crippen molar-refractivity contribution in [3.05, 3.63) is 53.7 Å². The molecule has 4 heteroatoms. The van der Waals surface area contributed by atoms with Gasteiger partial charge < -0.3 is 15.1 Å². The number of benzene rings is 1. The molecule has 0 bridgehead atoms. The molecule has 138 valence electrons. The molecule has 1 aromatic carbocycles. The molecule has 26 heavy (non-hydrogen) atoms. The van der Waals surface area contributed by atoms with Crippen molar-refractivity contribution in [2.75, 3.05) is 36.0 Å². The summed E-state index contributed by atoms with van der Waals surface area (Å²) < 4.78 is 0. The van der Waals surface area contributed by atoms with Crippen molar-refractivity contribution in [3.8, 4) is 0 Å². The monoisotopic (exact) mass is 350 g/mol. The number of piperidine rings is 1. The molecule has 0 radical (unpaired) electrons. The zero-order valence-corrected chi connectivity index (χ0v) is 15.8. The van der Waals surface area contributed by atoms with Gasteiger partial charge in [0.2, 0.25) is 0 Å². The van der Waals surface area contributed by atoms with Crippen molar-refractivity contribution in [1.82, 2.24) is 10.3 Å². The molecule has 2 aliphatic rings. The minimum atomic E-state index is 0.603. The predicted molar refractivity (Wildman–Crippen MR) is 109 cm³/mol. The van der Waals surface area contributed by atoms with E-state index in [1.165, 1.54) is 55.6 Å². The summed E-state index contributed by atoms with van der Waals surface area (Å²) in [5, 5.41) is 3.77. The molecule has 3 heterocycles. The first-order valence-electron chi connectivity index (χ1n) is 10.0. The Morgan fingerprint density at radius 1 is 1.00 bits per heavy atom. The van der Waals surface area contributed by atoms with Gasteiger partial charge in [-0.05, 0) is 68.0 Å². The number of nitrogens with zero attached hydrogens (tertiary/aromatic N) is 3. The van der Waals surface area contributed by atoms with Gasteiger partial charge in [-0.15, -0.1) is 0 Å². The second kappa shape index (κ2) is 8.09. The maximum Gasteiger partial charge on any atom is 0.128 e. The second-order valence-electron chi connectivity index (χ2n) is 7.70. The lowest BCUT2D eigenvalue weighted by Gasteiger charge is -2.33. The molecule has 1 N–H and O–H groups in total. The summed E-state index contributed by atoms with van der Waals surface area (Å²) in [5.41, 5.74) is 4.08. The van der Waals surface area contributed by atoms with E-state index < -0.39 is 0 Å². The number of aryl methyl sites for hydroxylation is 1. The second-order valence-corrected chi connectivity index (χ2v) is 7.70. The van der Waals surface area contributed by atoms with E-state index in [4.69, 9.17) is 0 Å². The Morgan fingerprint density at radius 3 is 2.58 bits per heavy atom. The van der Waals surface area contributed by atoms with Crippen LogP contribution in [0.2, 0.25) is 0 Å². The first-order valence-corrected chi connectivity index (χ1v) is 10.0. The van der Waals surface area contributed by atoms with Crippen LogP contribution in [0.3, 0.4) is 0 Å². The van der Waals surface area contributed by atoms with Gasteiger partial charge in [-0.25, -0.2) is 4.98 Å². The van der Waals surface area contributed by atoms with E-state index in [-0.39, 0.29) is 0 Å². The number of anilines is 2. The topological polar surface area (TPSA) is 31.4 Å². The van der Waals surface area contributed by atoms with E-state index in [1.54, 1.807) is 0 Å². The van der Waals surface area contributed by atoms with Crippen LogP contribution in [-0.2, 0) is 6.54 Å². The fraction of sp³-hybridized carbons (Fsp3) is 0.500. The van der Waals surface area contributed by atoms with E-state index >= 15 is 0 Å². The normalized spacial score (nSPS) is 18.5.